The van der Waals surface area contributed by atoms with Gasteiger partial charge in [-0.15, -0.1) is 0 Å². The number of hydrogen-bond donors (Lipinski definition) is 1. The van der Waals surface area contributed by atoms with Crippen LogP contribution >= 0.6 is 0 Å². The number of fused-ring (bicyclic) bond motifs is 1. The van der Waals surface area contributed by atoms with Crippen LogP contribution < -0.4 is 0 Å². The molecule has 0 aliphatic carbocycles. The SMILES string of the molecule is Cc1ccc(S(=O)(=O)N2C[C@H](O)C[C@@H]2CN(C)C)c2ncccc12. The fourth-order valence-corrected chi connectivity index (χ4v) is 5.18. The molecular weight excluding hydrogens is 326 g/mol. The highest BCUT2D eigenvalue weighted by Crippen LogP contribution is 2.31. The zero-order valence-electron chi connectivity index (χ0n) is 14.2. The Balaban J connectivity index is 2.09. The largest absolute Gasteiger partial charge is 0.392 e. The van der Waals surface area contributed by atoms with Gasteiger partial charge in [0.05, 0.1) is 11.6 Å². The van der Waals surface area contributed by atoms with E-state index >= 15 is 0 Å². The Kier molecular flexibility index (Phi) is 4.61. The molecule has 0 radical (unpaired) electrons. The van der Waals surface area contributed by atoms with Gasteiger partial charge in [0.15, 0.2) is 0 Å². The number of aliphatic hydroxyl groups is 1. The fraction of sp³-hybridized carbons (Fsp3) is 0.471. The third kappa shape index (κ3) is 3.04. The summed E-state index contributed by atoms with van der Waals surface area (Å²) in [5, 5.41) is 10.8. The third-order valence-electron chi connectivity index (χ3n) is 4.46. The smallest absolute Gasteiger partial charge is 0.245 e. The average molecular weight is 349 g/mol. The van der Waals surface area contributed by atoms with Gasteiger partial charge >= 0.3 is 0 Å². The molecule has 0 spiro atoms. The van der Waals surface area contributed by atoms with Crippen LogP contribution in [0, 0.1) is 6.92 Å². The minimum absolute atomic E-state index is 0.128. The predicted molar refractivity (Wildman–Crippen MR) is 93.3 cm³/mol. The summed E-state index contributed by atoms with van der Waals surface area (Å²) in [6, 6.07) is 6.88. The van der Waals surface area contributed by atoms with Crippen molar-refractivity contribution in [3.8, 4) is 0 Å². The van der Waals surface area contributed by atoms with Crippen LogP contribution in [0.4, 0.5) is 0 Å². The van der Waals surface area contributed by atoms with Crippen LogP contribution in [-0.4, -0.2) is 67.0 Å². The Morgan fingerprint density at radius 3 is 2.79 bits per heavy atom. The van der Waals surface area contributed by atoms with Crippen LogP contribution in [-0.2, 0) is 10.0 Å². The molecule has 1 N–H and O–H groups in total. The number of likely N-dealkylation sites (N-methyl/N-ethyl adjacent to an activating group) is 1. The second-order valence-corrected chi connectivity index (χ2v) is 8.52. The van der Waals surface area contributed by atoms with Gasteiger partial charge in [-0.3, -0.25) is 4.98 Å². The quantitative estimate of drug-likeness (QED) is 0.899. The molecule has 24 heavy (non-hydrogen) atoms. The van der Waals surface area contributed by atoms with Gasteiger partial charge < -0.3 is 10.0 Å². The first-order valence-electron chi connectivity index (χ1n) is 7.99. The molecule has 6 nitrogen and oxygen atoms in total. The van der Waals surface area contributed by atoms with Gasteiger partial charge in [-0.25, -0.2) is 8.42 Å². The molecule has 1 aromatic carbocycles. The summed E-state index contributed by atoms with van der Waals surface area (Å²) in [6.45, 7) is 2.64. The zero-order chi connectivity index (χ0) is 17.5. The lowest BCUT2D eigenvalue weighted by molar-refractivity contribution is 0.188. The van der Waals surface area contributed by atoms with Crippen molar-refractivity contribution in [2.45, 2.75) is 30.4 Å². The third-order valence-corrected chi connectivity index (χ3v) is 6.41. The molecule has 3 rings (SSSR count). The number of pyridine rings is 1. The number of β-amino-alcohol motifs (C(OH)–C–C–N with tert-alkyl or cyclic N) is 1. The molecule has 2 aromatic rings. The normalized spacial score (nSPS) is 22.5. The van der Waals surface area contributed by atoms with Gasteiger partial charge in [0.25, 0.3) is 0 Å². The topological polar surface area (TPSA) is 73.7 Å². The number of aliphatic hydroxyl groups excluding tert-OH is 1. The van der Waals surface area contributed by atoms with Crippen LogP contribution in [0.15, 0.2) is 35.4 Å². The van der Waals surface area contributed by atoms with Crippen molar-refractivity contribution in [3.05, 3.63) is 36.0 Å². The molecule has 0 amide bonds. The molecule has 2 heterocycles. The first-order valence-corrected chi connectivity index (χ1v) is 9.43. The van der Waals surface area contributed by atoms with E-state index in [4.69, 9.17) is 0 Å². The van der Waals surface area contributed by atoms with Crippen molar-refractivity contribution in [1.82, 2.24) is 14.2 Å². The Hall–Kier alpha value is -1.54. The van der Waals surface area contributed by atoms with Crippen molar-refractivity contribution < 1.29 is 13.5 Å². The average Bonchev–Trinajstić information content (AvgIpc) is 2.88. The number of rotatable bonds is 4. The number of aryl methyl sites for hydroxylation is 1. The van der Waals surface area contributed by atoms with E-state index < -0.39 is 16.1 Å². The summed E-state index contributed by atoms with van der Waals surface area (Å²) >= 11 is 0. The predicted octanol–water partition coefficient (Wildman–Crippen LogP) is 1.23. The molecule has 0 bridgehead atoms. The van der Waals surface area contributed by atoms with Gasteiger partial charge in [0.1, 0.15) is 4.90 Å². The van der Waals surface area contributed by atoms with E-state index in [1.165, 1.54) is 4.31 Å². The minimum atomic E-state index is -3.73. The Morgan fingerprint density at radius 1 is 1.33 bits per heavy atom. The number of aromatic nitrogens is 1. The van der Waals surface area contributed by atoms with E-state index in [2.05, 4.69) is 4.98 Å². The van der Waals surface area contributed by atoms with E-state index in [-0.39, 0.29) is 17.5 Å². The summed E-state index contributed by atoms with van der Waals surface area (Å²) in [5.74, 6) is 0. The summed E-state index contributed by atoms with van der Waals surface area (Å²) in [5.41, 5.74) is 1.48. The first-order chi connectivity index (χ1) is 11.3. The van der Waals surface area contributed by atoms with Gasteiger partial charge in [-0.1, -0.05) is 12.1 Å². The summed E-state index contributed by atoms with van der Waals surface area (Å²) in [7, 11) is 0.0766. The van der Waals surface area contributed by atoms with Crippen molar-refractivity contribution in [3.63, 3.8) is 0 Å². The summed E-state index contributed by atoms with van der Waals surface area (Å²) < 4.78 is 27.9. The highest BCUT2D eigenvalue weighted by atomic mass is 32.2. The fourth-order valence-electron chi connectivity index (χ4n) is 3.37. The van der Waals surface area contributed by atoms with E-state index in [0.29, 0.717) is 18.5 Å². The Labute approximate surface area is 142 Å². The molecule has 1 saturated heterocycles. The molecule has 1 aromatic heterocycles. The monoisotopic (exact) mass is 349 g/mol. The second-order valence-electron chi connectivity index (χ2n) is 6.66. The molecule has 7 heteroatoms. The van der Waals surface area contributed by atoms with E-state index in [1.54, 1.807) is 18.3 Å². The van der Waals surface area contributed by atoms with Crippen LogP contribution in [0.25, 0.3) is 10.9 Å². The molecule has 1 aliphatic rings. The summed E-state index contributed by atoms with van der Waals surface area (Å²) in [4.78, 5) is 6.46. The second kappa shape index (κ2) is 6.40. The maximum atomic E-state index is 13.3. The van der Waals surface area contributed by atoms with Crippen molar-refractivity contribution >= 4 is 20.9 Å². The van der Waals surface area contributed by atoms with Crippen LogP contribution in [0.5, 0.6) is 0 Å². The highest BCUT2D eigenvalue weighted by Gasteiger charge is 2.40. The van der Waals surface area contributed by atoms with E-state index in [0.717, 1.165) is 10.9 Å². The maximum Gasteiger partial charge on any atom is 0.245 e. The minimum Gasteiger partial charge on any atom is -0.392 e. The van der Waals surface area contributed by atoms with Gasteiger partial charge in [0.2, 0.25) is 10.0 Å². The van der Waals surface area contributed by atoms with Crippen LogP contribution in [0.1, 0.15) is 12.0 Å². The number of sulfonamides is 1. The van der Waals surface area contributed by atoms with Crippen molar-refractivity contribution in [1.29, 1.82) is 0 Å². The lowest BCUT2D eigenvalue weighted by Gasteiger charge is -2.26. The number of hydrogen-bond acceptors (Lipinski definition) is 5. The number of nitrogens with zero attached hydrogens (tertiary/aromatic N) is 3. The molecular formula is C17H23N3O3S. The van der Waals surface area contributed by atoms with Gasteiger partial charge in [-0.2, -0.15) is 4.31 Å². The standard InChI is InChI=1S/C17H23N3O3S/c1-12-6-7-16(17-15(12)5-4-8-18-17)24(22,23)20-11-14(21)9-13(20)10-19(2)3/h4-8,13-14,21H,9-11H2,1-3H3/t13-,14-/m1/s1. The van der Waals surface area contributed by atoms with E-state index in [9.17, 15) is 13.5 Å². The molecule has 1 aliphatic heterocycles. The number of benzene rings is 1. The van der Waals surface area contributed by atoms with Crippen LogP contribution in [0.2, 0.25) is 0 Å². The van der Waals surface area contributed by atoms with Crippen molar-refractivity contribution in [2.75, 3.05) is 27.2 Å². The maximum absolute atomic E-state index is 13.3. The first kappa shape index (κ1) is 17.3. The highest BCUT2D eigenvalue weighted by molar-refractivity contribution is 7.89. The Bertz CT molecular complexity index is 851. The van der Waals surface area contributed by atoms with E-state index in [1.807, 2.05) is 38.1 Å². The molecule has 1 fully saturated rings. The lowest BCUT2D eigenvalue weighted by atomic mass is 10.1. The molecule has 2 atom stereocenters. The zero-order valence-corrected chi connectivity index (χ0v) is 15.0. The lowest BCUT2D eigenvalue weighted by Crippen LogP contribution is -2.41. The Morgan fingerprint density at radius 2 is 2.08 bits per heavy atom. The summed E-state index contributed by atoms with van der Waals surface area (Å²) in [6.07, 6.45) is 1.43. The molecule has 130 valence electrons. The van der Waals surface area contributed by atoms with Gasteiger partial charge in [0, 0.05) is 30.7 Å². The van der Waals surface area contributed by atoms with Crippen molar-refractivity contribution in [2.24, 2.45) is 0 Å². The molecule has 0 unspecified atom stereocenters. The molecule has 0 saturated carbocycles. The van der Waals surface area contributed by atoms with Gasteiger partial charge in [-0.05, 0) is 45.1 Å². The van der Waals surface area contributed by atoms with Crippen LogP contribution in [0.3, 0.4) is 0 Å².